The average molecular weight is 174 g/mol. The molecule has 13 heavy (non-hydrogen) atoms. The molecule has 1 aliphatic carbocycles. The van der Waals surface area contributed by atoms with Gasteiger partial charge >= 0.3 is 0 Å². The van der Waals surface area contributed by atoms with Crippen molar-refractivity contribution in [3.63, 3.8) is 0 Å². The van der Waals surface area contributed by atoms with Gasteiger partial charge in [-0.05, 0) is 49.8 Å². The van der Waals surface area contributed by atoms with Gasteiger partial charge in [-0.1, -0.05) is 12.1 Å². The van der Waals surface area contributed by atoms with Crippen molar-refractivity contribution in [2.45, 2.75) is 32.6 Å². The molecule has 0 heterocycles. The molecule has 0 unspecified atom stereocenters. The maximum Gasteiger partial charge on any atom is 0.182 e. The second-order valence-corrected chi connectivity index (χ2v) is 3.80. The largest absolute Gasteiger partial charge is 0.290 e. The Bertz CT molecular complexity index is 379. The molecular formula is C12H14O. The van der Waals surface area contributed by atoms with E-state index in [0.717, 1.165) is 24.0 Å². The van der Waals surface area contributed by atoms with Crippen LogP contribution in [0.1, 0.15) is 29.5 Å². The summed E-state index contributed by atoms with van der Waals surface area (Å²) in [5.74, 6) is 0. The minimum Gasteiger partial charge on any atom is -0.290 e. The van der Waals surface area contributed by atoms with Gasteiger partial charge in [-0.2, -0.15) is 0 Å². The molecule has 0 N–H and O–H groups in total. The fourth-order valence-electron chi connectivity index (χ4n) is 1.97. The molecule has 1 heteroatoms. The zero-order valence-electron chi connectivity index (χ0n) is 7.97. The summed E-state index contributed by atoms with van der Waals surface area (Å²) < 4.78 is 0. The minimum absolute atomic E-state index is 0.234. The molecule has 0 bridgehead atoms. The molecule has 0 spiro atoms. The second kappa shape index (κ2) is 3.33. The van der Waals surface area contributed by atoms with E-state index in [-0.39, 0.29) is 5.43 Å². The third-order valence-corrected chi connectivity index (χ3v) is 2.71. The van der Waals surface area contributed by atoms with Crippen LogP contribution in [0, 0.1) is 6.92 Å². The Morgan fingerprint density at radius 3 is 2.77 bits per heavy atom. The molecule has 1 aromatic rings. The maximum absolute atomic E-state index is 11.7. The van der Waals surface area contributed by atoms with Crippen LogP contribution in [-0.4, -0.2) is 0 Å². The molecule has 0 amide bonds. The number of hydrogen-bond acceptors (Lipinski definition) is 1. The van der Waals surface area contributed by atoms with Gasteiger partial charge in [-0.15, -0.1) is 0 Å². The molecule has 0 saturated carbocycles. The third-order valence-electron chi connectivity index (χ3n) is 2.71. The first-order chi connectivity index (χ1) is 6.27. The average Bonchev–Trinajstić information content (AvgIpc) is 2.27. The Balaban J connectivity index is 2.67. The lowest BCUT2D eigenvalue weighted by Crippen LogP contribution is -2.12. The smallest absolute Gasteiger partial charge is 0.182 e. The molecule has 0 aromatic heterocycles. The number of fused-ring (bicyclic) bond motifs is 1. The summed E-state index contributed by atoms with van der Waals surface area (Å²) in [6, 6.07) is 5.92. The van der Waals surface area contributed by atoms with Gasteiger partial charge in [-0.25, -0.2) is 0 Å². The van der Waals surface area contributed by atoms with Crippen LogP contribution in [0.15, 0.2) is 23.0 Å². The Hall–Kier alpha value is -1.11. The number of rotatable bonds is 0. The molecule has 2 rings (SSSR count). The van der Waals surface area contributed by atoms with Crippen molar-refractivity contribution < 1.29 is 0 Å². The van der Waals surface area contributed by atoms with Crippen LogP contribution < -0.4 is 5.43 Å². The van der Waals surface area contributed by atoms with Gasteiger partial charge in [0, 0.05) is 5.56 Å². The molecule has 1 aliphatic rings. The highest BCUT2D eigenvalue weighted by Gasteiger charge is 2.10. The monoisotopic (exact) mass is 174 g/mol. The molecule has 0 fully saturated rings. The molecular weight excluding hydrogens is 160 g/mol. The molecule has 68 valence electrons. The standard InChI is InChI=1S/C12H14O/c1-9-6-7-10-4-2-3-5-11(10)12(13)8-9/h6-8H,2-5H2,1H3. The van der Waals surface area contributed by atoms with Gasteiger partial charge in [0.2, 0.25) is 0 Å². The van der Waals surface area contributed by atoms with Crippen molar-refractivity contribution >= 4 is 0 Å². The van der Waals surface area contributed by atoms with E-state index in [4.69, 9.17) is 0 Å². The summed E-state index contributed by atoms with van der Waals surface area (Å²) in [4.78, 5) is 11.7. The third kappa shape index (κ3) is 1.64. The van der Waals surface area contributed by atoms with Gasteiger partial charge in [0.15, 0.2) is 5.43 Å². The normalized spacial score (nSPS) is 15.2. The quantitative estimate of drug-likeness (QED) is 0.589. The van der Waals surface area contributed by atoms with E-state index >= 15 is 0 Å². The highest BCUT2D eigenvalue weighted by Crippen LogP contribution is 2.17. The van der Waals surface area contributed by atoms with Crippen LogP contribution >= 0.6 is 0 Å². The summed E-state index contributed by atoms with van der Waals surface area (Å²) in [6.07, 6.45) is 4.46. The van der Waals surface area contributed by atoms with E-state index in [2.05, 4.69) is 6.07 Å². The fraction of sp³-hybridized carbons (Fsp3) is 0.417. The first-order valence-corrected chi connectivity index (χ1v) is 4.90. The van der Waals surface area contributed by atoms with E-state index < -0.39 is 0 Å². The first-order valence-electron chi connectivity index (χ1n) is 4.90. The predicted molar refractivity (Wildman–Crippen MR) is 54.1 cm³/mol. The van der Waals surface area contributed by atoms with Crippen LogP contribution in [-0.2, 0) is 12.8 Å². The van der Waals surface area contributed by atoms with Crippen LogP contribution in [0.3, 0.4) is 0 Å². The zero-order chi connectivity index (χ0) is 9.26. The van der Waals surface area contributed by atoms with E-state index in [1.54, 1.807) is 6.07 Å². The Kier molecular flexibility index (Phi) is 2.17. The second-order valence-electron chi connectivity index (χ2n) is 3.80. The van der Waals surface area contributed by atoms with E-state index in [1.165, 1.54) is 18.4 Å². The summed E-state index contributed by atoms with van der Waals surface area (Å²) >= 11 is 0. The van der Waals surface area contributed by atoms with E-state index in [0.29, 0.717) is 0 Å². The topological polar surface area (TPSA) is 17.1 Å². The molecule has 1 aromatic carbocycles. The number of aryl methyl sites for hydroxylation is 2. The van der Waals surface area contributed by atoms with Crippen molar-refractivity contribution in [2.24, 2.45) is 0 Å². The lowest BCUT2D eigenvalue weighted by atomic mass is 9.94. The van der Waals surface area contributed by atoms with Crippen molar-refractivity contribution in [3.8, 4) is 0 Å². The predicted octanol–water partition coefficient (Wildman–Crippen LogP) is 2.23. The minimum atomic E-state index is 0.234. The maximum atomic E-state index is 11.7. The van der Waals surface area contributed by atoms with Crippen LogP contribution in [0.25, 0.3) is 0 Å². The molecule has 0 saturated heterocycles. The fourth-order valence-corrected chi connectivity index (χ4v) is 1.97. The van der Waals surface area contributed by atoms with Crippen LogP contribution in [0.5, 0.6) is 0 Å². The van der Waals surface area contributed by atoms with Crippen molar-refractivity contribution in [1.29, 1.82) is 0 Å². The van der Waals surface area contributed by atoms with E-state index in [1.807, 2.05) is 13.0 Å². The summed E-state index contributed by atoms with van der Waals surface area (Å²) in [6.45, 7) is 1.98. The van der Waals surface area contributed by atoms with Crippen LogP contribution in [0.2, 0.25) is 0 Å². The molecule has 1 nitrogen and oxygen atoms in total. The SMILES string of the molecule is Cc1ccc2c(c(=O)c1)CCCC2. The Morgan fingerprint density at radius 2 is 1.92 bits per heavy atom. The van der Waals surface area contributed by atoms with Gasteiger partial charge in [0.25, 0.3) is 0 Å². The van der Waals surface area contributed by atoms with Gasteiger partial charge in [-0.3, -0.25) is 4.79 Å². The van der Waals surface area contributed by atoms with Gasteiger partial charge < -0.3 is 0 Å². The molecule has 0 atom stereocenters. The Morgan fingerprint density at radius 1 is 1.15 bits per heavy atom. The lowest BCUT2D eigenvalue weighted by molar-refractivity contribution is 0.684. The lowest BCUT2D eigenvalue weighted by Gasteiger charge is -2.11. The zero-order valence-corrected chi connectivity index (χ0v) is 7.97. The van der Waals surface area contributed by atoms with Gasteiger partial charge in [0.05, 0.1) is 0 Å². The molecule has 0 radical (unpaired) electrons. The highest BCUT2D eigenvalue weighted by molar-refractivity contribution is 5.30. The van der Waals surface area contributed by atoms with Crippen LogP contribution in [0.4, 0.5) is 0 Å². The number of hydrogen-bond donors (Lipinski definition) is 0. The summed E-state index contributed by atoms with van der Waals surface area (Å²) in [7, 11) is 0. The van der Waals surface area contributed by atoms with Crippen molar-refractivity contribution in [1.82, 2.24) is 0 Å². The molecule has 0 aliphatic heterocycles. The van der Waals surface area contributed by atoms with E-state index in [9.17, 15) is 4.79 Å². The first kappa shape index (κ1) is 8.49. The Labute approximate surface area is 78.4 Å². The van der Waals surface area contributed by atoms with Crippen molar-refractivity contribution in [3.05, 3.63) is 45.1 Å². The summed E-state index contributed by atoms with van der Waals surface area (Å²) in [5.41, 5.74) is 3.63. The highest BCUT2D eigenvalue weighted by atomic mass is 16.1. The summed E-state index contributed by atoms with van der Waals surface area (Å²) in [5, 5.41) is 0. The van der Waals surface area contributed by atoms with Crippen molar-refractivity contribution in [2.75, 3.05) is 0 Å². The van der Waals surface area contributed by atoms with Gasteiger partial charge in [0.1, 0.15) is 0 Å².